The molecule has 0 N–H and O–H groups in total. The number of rotatable bonds is 2. The van der Waals surface area contributed by atoms with Crippen molar-refractivity contribution in [1.82, 2.24) is 0 Å². The summed E-state index contributed by atoms with van der Waals surface area (Å²) in [5.74, 6) is 0. The fourth-order valence-corrected chi connectivity index (χ4v) is 1.39. The topological polar surface area (TPSA) is 0 Å². The molecule has 0 saturated heterocycles. The molecule has 18 heavy (non-hydrogen) atoms. The number of allylic oxidation sites excluding steroid dienone is 8. The average molecular weight is 323 g/mol. The molecule has 0 unspecified atom stereocenters. The fourth-order valence-electron chi connectivity index (χ4n) is 1.39. The van der Waals surface area contributed by atoms with Crippen molar-refractivity contribution < 1.29 is 43.4 Å². The zero-order valence-electron chi connectivity index (χ0n) is 11.3. The Morgan fingerprint density at radius 3 is 1.33 bits per heavy atom. The molecule has 0 fully saturated rings. The van der Waals surface area contributed by atoms with Crippen LogP contribution in [0.25, 0.3) is 0 Å². The van der Waals surface area contributed by atoms with E-state index in [1.54, 1.807) is 0 Å². The van der Waals surface area contributed by atoms with Crippen LogP contribution in [0.1, 0.15) is 39.5 Å². The molecule has 0 aromatic rings. The molecule has 2 aliphatic rings. The van der Waals surface area contributed by atoms with E-state index in [1.165, 1.54) is 11.1 Å². The molecule has 0 bridgehead atoms. The first-order valence-electron chi connectivity index (χ1n) is 5.39. The van der Waals surface area contributed by atoms with Crippen LogP contribution >= 0.6 is 0 Å². The van der Waals surface area contributed by atoms with Crippen molar-refractivity contribution >= 4 is 0 Å². The van der Waals surface area contributed by atoms with Gasteiger partial charge in [0.25, 0.3) is 0 Å². The minimum atomic E-state index is 0. The van der Waals surface area contributed by atoms with Crippen LogP contribution in [0.3, 0.4) is 0 Å². The van der Waals surface area contributed by atoms with E-state index in [2.05, 4.69) is 50.3 Å². The first-order chi connectivity index (χ1) is 6.86. The molecule has 0 nitrogen and oxygen atoms in total. The van der Waals surface area contributed by atoms with Crippen molar-refractivity contribution in [1.29, 1.82) is 0 Å². The second kappa shape index (κ2) is 17.1. The summed E-state index contributed by atoms with van der Waals surface area (Å²) in [5.41, 5.74) is 2.72. The number of halogens is 2. The number of hydrogen-bond donors (Lipinski definition) is 0. The number of hydrogen-bond acceptors (Lipinski definition) is 0. The second-order valence-electron chi connectivity index (χ2n) is 3.32. The molecule has 0 heterocycles. The largest absolute Gasteiger partial charge is 2.00 e. The normalized spacial score (nSPS) is 13.7. The Labute approximate surface area is 137 Å². The third-order valence-corrected chi connectivity index (χ3v) is 2.29. The van der Waals surface area contributed by atoms with Crippen LogP contribution in [-0.4, -0.2) is 0 Å². The molecule has 2 rings (SSSR count). The van der Waals surface area contributed by atoms with Crippen LogP contribution < -0.4 is 24.8 Å². The van der Waals surface area contributed by atoms with Crippen molar-refractivity contribution in [3.63, 3.8) is 0 Å². The molecule has 0 amide bonds. The van der Waals surface area contributed by atoms with Gasteiger partial charge < -0.3 is 32.2 Å². The van der Waals surface area contributed by atoms with Gasteiger partial charge in [-0.05, 0) is 0 Å². The van der Waals surface area contributed by atoms with Gasteiger partial charge in [-0.3, -0.25) is 12.2 Å². The zero-order valence-corrected chi connectivity index (χ0v) is 14.2. The Morgan fingerprint density at radius 2 is 1.22 bits per heavy atom. The zero-order chi connectivity index (χ0) is 10.2. The fraction of sp³-hybridized carbons (Fsp3) is 0.400. The molecule has 1 radical (unpaired) electrons. The van der Waals surface area contributed by atoms with Gasteiger partial charge >= 0.3 is 18.6 Å². The Kier molecular flexibility index (Phi) is 25.3. The SMILES string of the molecule is CCC1=[C-]CC=C1.CCC1=[C-]CC=C1.[CH3-].[Cl-].[Cl-].[V+2]. The van der Waals surface area contributed by atoms with E-state index >= 15 is 0 Å². The molecule has 103 valence electrons. The predicted molar refractivity (Wildman–Crippen MR) is 68.0 cm³/mol. The summed E-state index contributed by atoms with van der Waals surface area (Å²) >= 11 is 0. The third kappa shape index (κ3) is 11.2. The first kappa shape index (κ1) is 26.6. The van der Waals surface area contributed by atoms with Crippen LogP contribution in [-0.2, 0) is 18.6 Å². The monoisotopic (exact) mass is 322 g/mol. The van der Waals surface area contributed by atoms with Gasteiger partial charge in [-0.25, -0.2) is 23.3 Å². The Hall–Kier alpha value is 0.124. The summed E-state index contributed by atoms with van der Waals surface area (Å²) in [6.45, 7) is 4.30. The summed E-state index contributed by atoms with van der Waals surface area (Å²) in [7, 11) is 0. The predicted octanol–water partition coefficient (Wildman–Crippen LogP) is -1.37. The van der Waals surface area contributed by atoms with Gasteiger partial charge in [-0.15, -0.1) is 12.8 Å². The Morgan fingerprint density at radius 1 is 0.889 bits per heavy atom. The third-order valence-electron chi connectivity index (χ3n) is 2.29. The van der Waals surface area contributed by atoms with Crippen LogP contribution in [0.2, 0.25) is 0 Å². The molecule has 3 heteroatoms. The van der Waals surface area contributed by atoms with Gasteiger partial charge in [-0.2, -0.15) is 12.2 Å². The van der Waals surface area contributed by atoms with Gasteiger partial charge in [-0.1, -0.05) is 26.7 Å². The average Bonchev–Trinajstić information content (AvgIpc) is 2.92. The first-order valence-corrected chi connectivity index (χ1v) is 5.39. The summed E-state index contributed by atoms with van der Waals surface area (Å²) in [4.78, 5) is 0. The van der Waals surface area contributed by atoms with Gasteiger partial charge in [0.15, 0.2) is 0 Å². The molecule has 0 spiro atoms. The van der Waals surface area contributed by atoms with Crippen LogP contribution in [0, 0.1) is 19.6 Å². The smallest absolute Gasteiger partial charge is 1.00 e. The standard InChI is InChI=1S/2C7H9.CH3.2ClH.V/c2*1-2-7-5-3-4-6-7;;;;/h2*3,5H,2,4H2,1H3;1H3;2*1H;/q3*-1;;;+2/p-2. The Bertz CT molecular complexity index is 259. The van der Waals surface area contributed by atoms with Crippen molar-refractivity contribution in [2.45, 2.75) is 39.5 Å². The van der Waals surface area contributed by atoms with Crippen molar-refractivity contribution in [3.8, 4) is 0 Å². The van der Waals surface area contributed by atoms with Gasteiger partial charge in [0, 0.05) is 0 Å². The van der Waals surface area contributed by atoms with Crippen molar-refractivity contribution in [3.05, 3.63) is 55.0 Å². The van der Waals surface area contributed by atoms with E-state index in [-0.39, 0.29) is 50.8 Å². The molecule has 0 aliphatic heterocycles. The minimum absolute atomic E-state index is 0. The maximum atomic E-state index is 3.21. The second-order valence-corrected chi connectivity index (χ2v) is 3.32. The van der Waals surface area contributed by atoms with E-state index in [4.69, 9.17) is 0 Å². The summed E-state index contributed by atoms with van der Waals surface area (Å²) in [6.07, 6.45) is 19.3. The summed E-state index contributed by atoms with van der Waals surface area (Å²) in [5, 5.41) is 0. The van der Waals surface area contributed by atoms with Crippen LogP contribution in [0.5, 0.6) is 0 Å². The van der Waals surface area contributed by atoms with E-state index in [0.717, 1.165) is 25.7 Å². The van der Waals surface area contributed by atoms with Gasteiger partial charge in [0.1, 0.15) is 0 Å². The molecule has 2 aliphatic carbocycles. The summed E-state index contributed by atoms with van der Waals surface area (Å²) < 4.78 is 0. The summed E-state index contributed by atoms with van der Waals surface area (Å²) in [6, 6.07) is 0. The molecule has 0 aromatic heterocycles. The maximum absolute atomic E-state index is 3.21. The van der Waals surface area contributed by atoms with Crippen molar-refractivity contribution in [2.75, 3.05) is 0 Å². The van der Waals surface area contributed by atoms with Gasteiger partial charge in [0.2, 0.25) is 0 Å². The molecule has 0 aromatic carbocycles. The van der Waals surface area contributed by atoms with Crippen LogP contribution in [0.15, 0.2) is 35.5 Å². The quantitative estimate of drug-likeness (QED) is 0.550. The van der Waals surface area contributed by atoms with E-state index in [9.17, 15) is 0 Å². The molecule has 0 saturated carbocycles. The molecule has 0 atom stereocenters. The molecular formula is C15H21Cl2V-3. The van der Waals surface area contributed by atoms with Crippen molar-refractivity contribution in [2.24, 2.45) is 0 Å². The van der Waals surface area contributed by atoms with Gasteiger partial charge in [0.05, 0.1) is 0 Å². The Balaban J connectivity index is -0.0000000891. The van der Waals surface area contributed by atoms with E-state index in [0.29, 0.717) is 0 Å². The van der Waals surface area contributed by atoms with E-state index < -0.39 is 0 Å². The van der Waals surface area contributed by atoms with Crippen LogP contribution in [0.4, 0.5) is 0 Å². The maximum Gasteiger partial charge on any atom is 2.00 e. The van der Waals surface area contributed by atoms with E-state index in [1.807, 2.05) is 0 Å². The minimum Gasteiger partial charge on any atom is -1.00 e. The molecular weight excluding hydrogens is 302 g/mol.